The Morgan fingerprint density at radius 2 is 1.96 bits per heavy atom. The van der Waals surface area contributed by atoms with Gasteiger partial charge in [0.1, 0.15) is 11.2 Å². The molecule has 0 fully saturated rings. The molecule has 2 aromatic rings. The summed E-state index contributed by atoms with van der Waals surface area (Å²) < 4.78 is 5.15. The summed E-state index contributed by atoms with van der Waals surface area (Å²) >= 11 is 1.64. The van der Waals surface area contributed by atoms with Crippen LogP contribution >= 0.6 is 11.8 Å². The molecular formula is C19H21N3O2S. The average Bonchev–Trinajstić information content (AvgIpc) is 2.62. The summed E-state index contributed by atoms with van der Waals surface area (Å²) in [7, 11) is 1.64. The number of methoxy groups -OCH3 is 1. The minimum atomic E-state index is -1.11. The molecule has 6 heteroatoms. The van der Waals surface area contributed by atoms with Crippen molar-refractivity contribution < 1.29 is 9.53 Å². The molecule has 25 heavy (non-hydrogen) atoms. The molecule has 3 N–H and O–H groups in total. The molecule has 0 aliphatic heterocycles. The van der Waals surface area contributed by atoms with Gasteiger partial charge in [-0.05, 0) is 49.7 Å². The number of nitrogens with zero attached hydrogens (tertiary/aromatic N) is 1. The highest BCUT2D eigenvalue weighted by molar-refractivity contribution is 7.98. The maximum Gasteiger partial charge on any atom is 0.244 e. The van der Waals surface area contributed by atoms with Gasteiger partial charge in [-0.3, -0.25) is 4.79 Å². The lowest BCUT2D eigenvalue weighted by Gasteiger charge is -2.16. The van der Waals surface area contributed by atoms with Crippen molar-refractivity contribution in [3.8, 4) is 11.8 Å². The summed E-state index contributed by atoms with van der Waals surface area (Å²) in [6, 6.07) is 15.4. The Hall–Kier alpha value is -2.65. The van der Waals surface area contributed by atoms with E-state index < -0.39 is 5.41 Å². The Kier molecular flexibility index (Phi) is 5.94. The molecule has 0 aromatic heterocycles. The number of hydrogen-bond donors (Lipinski definition) is 2. The molecule has 0 atom stereocenters. The molecule has 0 spiro atoms. The van der Waals surface area contributed by atoms with Crippen molar-refractivity contribution in [3.05, 3.63) is 48.0 Å². The molecule has 0 saturated carbocycles. The number of rotatable bonds is 6. The van der Waals surface area contributed by atoms with Gasteiger partial charge in [-0.25, -0.2) is 0 Å². The van der Waals surface area contributed by atoms with Gasteiger partial charge >= 0.3 is 0 Å². The van der Waals surface area contributed by atoms with Crippen LogP contribution in [0, 0.1) is 16.7 Å². The van der Waals surface area contributed by atoms with E-state index in [4.69, 9.17) is 15.7 Å². The molecule has 2 rings (SSSR count). The van der Waals surface area contributed by atoms with Gasteiger partial charge in [-0.15, -0.1) is 11.8 Å². The lowest BCUT2D eigenvalue weighted by atomic mass is 9.94. The van der Waals surface area contributed by atoms with Crippen LogP contribution < -0.4 is 15.8 Å². The van der Waals surface area contributed by atoms with Crippen molar-refractivity contribution in [2.45, 2.75) is 24.5 Å². The number of benzene rings is 2. The highest BCUT2D eigenvalue weighted by atomic mass is 32.2. The number of nitrogen functional groups attached to an aromatic ring is 1. The van der Waals surface area contributed by atoms with Gasteiger partial charge in [0.25, 0.3) is 0 Å². The number of hydrogen-bond acceptors (Lipinski definition) is 5. The zero-order valence-corrected chi connectivity index (χ0v) is 15.3. The van der Waals surface area contributed by atoms with Crippen molar-refractivity contribution in [1.82, 2.24) is 0 Å². The quantitative estimate of drug-likeness (QED) is 0.603. The molecule has 0 heterocycles. The second-order valence-electron chi connectivity index (χ2n) is 6.08. The van der Waals surface area contributed by atoms with Crippen LogP contribution in [0.15, 0.2) is 47.4 Å². The van der Waals surface area contributed by atoms with Crippen LogP contribution in [0.4, 0.5) is 11.4 Å². The van der Waals surface area contributed by atoms with Gasteiger partial charge in [0.2, 0.25) is 5.91 Å². The maximum absolute atomic E-state index is 12.2. The third kappa shape index (κ3) is 4.91. The molecule has 130 valence electrons. The lowest BCUT2D eigenvalue weighted by molar-refractivity contribution is -0.121. The smallest absolute Gasteiger partial charge is 0.244 e. The van der Waals surface area contributed by atoms with Gasteiger partial charge < -0.3 is 15.8 Å². The molecule has 5 nitrogen and oxygen atoms in total. The largest absolute Gasteiger partial charge is 0.497 e. The van der Waals surface area contributed by atoms with E-state index in [0.717, 1.165) is 16.4 Å². The van der Waals surface area contributed by atoms with E-state index in [0.29, 0.717) is 11.4 Å². The van der Waals surface area contributed by atoms with Crippen LogP contribution in [0.3, 0.4) is 0 Å². The summed E-state index contributed by atoms with van der Waals surface area (Å²) in [5.74, 6) is 1.23. The summed E-state index contributed by atoms with van der Waals surface area (Å²) in [6.07, 6.45) is 0. The van der Waals surface area contributed by atoms with Gasteiger partial charge in [-0.2, -0.15) is 5.26 Å². The van der Waals surface area contributed by atoms with E-state index in [9.17, 15) is 4.79 Å². The van der Waals surface area contributed by atoms with Crippen LogP contribution in [0.2, 0.25) is 0 Å². The van der Waals surface area contributed by atoms with Gasteiger partial charge in [0, 0.05) is 10.6 Å². The monoisotopic (exact) mass is 355 g/mol. The molecular weight excluding hydrogens is 334 g/mol. The minimum Gasteiger partial charge on any atom is -0.497 e. The molecule has 0 aliphatic carbocycles. The first-order valence-electron chi connectivity index (χ1n) is 7.73. The van der Waals surface area contributed by atoms with Crippen LogP contribution in [0.25, 0.3) is 0 Å². The fourth-order valence-corrected chi connectivity index (χ4v) is 2.84. The summed E-state index contributed by atoms with van der Waals surface area (Å²) in [4.78, 5) is 13.1. The normalized spacial score (nSPS) is 10.8. The highest BCUT2D eigenvalue weighted by Gasteiger charge is 2.27. The molecule has 0 saturated heterocycles. The fourth-order valence-electron chi connectivity index (χ4n) is 1.95. The first kappa shape index (κ1) is 18.7. The van der Waals surface area contributed by atoms with Crippen LogP contribution in [-0.4, -0.2) is 13.0 Å². The third-order valence-electron chi connectivity index (χ3n) is 3.68. The summed E-state index contributed by atoms with van der Waals surface area (Å²) in [6.45, 7) is 3.14. The fraction of sp³-hybridized carbons (Fsp3) is 0.263. The predicted octanol–water partition coefficient (Wildman–Crippen LogP) is 4.06. The zero-order chi connectivity index (χ0) is 18.4. The Morgan fingerprint density at radius 1 is 1.28 bits per heavy atom. The summed E-state index contributed by atoms with van der Waals surface area (Å²) in [5, 5.41) is 11.8. The molecule has 0 radical (unpaired) electrons. The number of carbonyl (C=O) groups is 1. The second-order valence-corrected chi connectivity index (χ2v) is 7.13. The Bertz CT molecular complexity index is 795. The Morgan fingerprint density at radius 3 is 2.56 bits per heavy atom. The first-order chi connectivity index (χ1) is 11.9. The number of nitriles is 1. The number of nitrogens with two attached hydrogens (primary N) is 1. The maximum atomic E-state index is 12.2. The van der Waals surface area contributed by atoms with E-state index in [1.54, 1.807) is 38.8 Å². The number of ether oxygens (including phenoxy) is 1. The molecule has 2 aromatic carbocycles. The van der Waals surface area contributed by atoms with Gasteiger partial charge in [0.05, 0.1) is 24.6 Å². The SMILES string of the molecule is COc1ccc(CSc2ccc(N)c(NC(=O)C(C)(C)C#N)c2)cc1. The van der Waals surface area contributed by atoms with Crippen molar-refractivity contribution in [1.29, 1.82) is 5.26 Å². The predicted molar refractivity (Wildman–Crippen MR) is 101 cm³/mol. The number of thioether (sulfide) groups is 1. The standard InChI is InChI=1S/C19H21N3O2S/c1-19(2,12-20)18(23)22-17-10-15(8-9-16(17)21)25-11-13-4-6-14(24-3)7-5-13/h4-10H,11,21H2,1-3H3,(H,22,23). The van der Waals surface area contributed by atoms with E-state index in [2.05, 4.69) is 5.32 Å². The Balaban J connectivity index is 2.07. The molecule has 0 unspecified atom stereocenters. The summed E-state index contributed by atoms with van der Waals surface area (Å²) in [5.41, 5.74) is 6.98. The van der Waals surface area contributed by atoms with Crippen LogP contribution in [-0.2, 0) is 10.5 Å². The van der Waals surface area contributed by atoms with Crippen LogP contribution in [0.1, 0.15) is 19.4 Å². The Labute approximate surface area is 152 Å². The number of amides is 1. The zero-order valence-electron chi connectivity index (χ0n) is 14.5. The molecule has 0 aliphatic rings. The van der Waals surface area contributed by atoms with Crippen molar-refractivity contribution in [2.24, 2.45) is 5.41 Å². The second kappa shape index (κ2) is 7.95. The van der Waals surface area contributed by atoms with E-state index in [1.165, 1.54) is 5.56 Å². The lowest BCUT2D eigenvalue weighted by Crippen LogP contribution is -2.29. The first-order valence-corrected chi connectivity index (χ1v) is 8.72. The molecule has 0 bridgehead atoms. The number of carbonyl (C=O) groups excluding carboxylic acids is 1. The van der Waals surface area contributed by atoms with E-state index >= 15 is 0 Å². The van der Waals surface area contributed by atoms with Crippen molar-refractivity contribution in [2.75, 3.05) is 18.2 Å². The topological polar surface area (TPSA) is 88.1 Å². The number of nitrogens with one attached hydrogen (secondary N) is 1. The van der Waals surface area contributed by atoms with Crippen molar-refractivity contribution >= 4 is 29.0 Å². The third-order valence-corrected chi connectivity index (χ3v) is 4.75. The minimum absolute atomic E-state index is 0.376. The average molecular weight is 355 g/mol. The van der Waals surface area contributed by atoms with Gasteiger partial charge in [0.15, 0.2) is 0 Å². The van der Waals surface area contributed by atoms with E-state index in [1.807, 2.05) is 42.5 Å². The molecule has 1 amide bonds. The van der Waals surface area contributed by atoms with Crippen molar-refractivity contribution in [3.63, 3.8) is 0 Å². The van der Waals surface area contributed by atoms with Crippen LogP contribution in [0.5, 0.6) is 5.75 Å². The van der Waals surface area contributed by atoms with Gasteiger partial charge in [-0.1, -0.05) is 12.1 Å². The number of anilines is 2. The highest BCUT2D eigenvalue weighted by Crippen LogP contribution is 2.30. The van der Waals surface area contributed by atoms with E-state index in [-0.39, 0.29) is 5.91 Å².